The summed E-state index contributed by atoms with van der Waals surface area (Å²) in [4.78, 5) is 8.40. The van der Waals surface area contributed by atoms with Crippen LogP contribution in [-0.2, 0) is 15.4 Å². The van der Waals surface area contributed by atoms with E-state index in [-0.39, 0.29) is 4.90 Å². The molecule has 0 aliphatic carbocycles. The Morgan fingerprint density at radius 1 is 0.969 bits per heavy atom. The van der Waals surface area contributed by atoms with Crippen molar-refractivity contribution in [1.29, 1.82) is 0 Å². The highest BCUT2D eigenvalue weighted by molar-refractivity contribution is 7.89. The molecule has 5 rings (SSSR count). The van der Waals surface area contributed by atoms with Gasteiger partial charge in [0, 0.05) is 18.1 Å². The summed E-state index contributed by atoms with van der Waals surface area (Å²) in [7, 11) is -3.70. The van der Waals surface area contributed by atoms with Crippen LogP contribution in [0.4, 0.5) is 4.39 Å². The van der Waals surface area contributed by atoms with Gasteiger partial charge in [0.1, 0.15) is 11.6 Å². The minimum Gasteiger partial charge on any atom is -0.341 e. The molecule has 3 aromatic carbocycles. The summed E-state index contributed by atoms with van der Waals surface area (Å²) in [6.45, 7) is 0.652. The first kappa shape index (κ1) is 21.1. The lowest BCUT2D eigenvalue weighted by atomic mass is 9.72. The van der Waals surface area contributed by atoms with Crippen molar-refractivity contribution in [3.8, 4) is 0 Å². The quantitative estimate of drug-likeness (QED) is 0.450. The molecule has 0 spiro atoms. The Kier molecular flexibility index (Phi) is 5.28. The molecule has 1 aromatic heterocycles. The second kappa shape index (κ2) is 7.99. The summed E-state index contributed by atoms with van der Waals surface area (Å²) in [5.74, 6) is 0.343. The van der Waals surface area contributed by atoms with Crippen LogP contribution in [0.15, 0.2) is 77.7 Å². The highest BCUT2D eigenvalue weighted by Crippen LogP contribution is 2.42. The van der Waals surface area contributed by atoms with Gasteiger partial charge < -0.3 is 4.98 Å². The lowest BCUT2D eigenvalue weighted by Gasteiger charge is -2.40. The van der Waals surface area contributed by atoms with Gasteiger partial charge in [-0.1, -0.05) is 41.9 Å². The SMILES string of the molecule is O=S(=O)(c1ccc(F)cc1)N1CCC(c2ccccc2)(c2nc3cc(Cl)ccc3[nH]2)CC1. The molecule has 4 aromatic rings. The van der Waals surface area contributed by atoms with E-state index in [1.165, 1.54) is 28.6 Å². The van der Waals surface area contributed by atoms with Crippen molar-refractivity contribution in [2.75, 3.05) is 13.1 Å². The van der Waals surface area contributed by atoms with Gasteiger partial charge >= 0.3 is 0 Å². The number of H-pyrrole nitrogens is 1. The number of fused-ring (bicyclic) bond motifs is 1. The lowest BCUT2D eigenvalue weighted by Crippen LogP contribution is -2.46. The maximum Gasteiger partial charge on any atom is 0.243 e. The minimum absolute atomic E-state index is 0.101. The van der Waals surface area contributed by atoms with Gasteiger partial charge in [0.2, 0.25) is 10.0 Å². The van der Waals surface area contributed by atoms with Gasteiger partial charge in [-0.15, -0.1) is 0 Å². The van der Waals surface area contributed by atoms with E-state index in [1.807, 2.05) is 36.4 Å². The number of hydrogen-bond donors (Lipinski definition) is 1. The predicted molar refractivity (Wildman–Crippen MR) is 123 cm³/mol. The van der Waals surface area contributed by atoms with E-state index < -0.39 is 21.3 Å². The van der Waals surface area contributed by atoms with Gasteiger partial charge in [-0.25, -0.2) is 17.8 Å². The van der Waals surface area contributed by atoms with Crippen LogP contribution in [0.25, 0.3) is 11.0 Å². The van der Waals surface area contributed by atoms with Gasteiger partial charge in [0.15, 0.2) is 0 Å². The summed E-state index contributed by atoms with van der Waals surface area (Å²) in [6, 6.07) is 20.6. The molecule has 1 aliphatic rings. The fourth-order valence-electron chi connectivity index (χ4n) is 4.49. The van der Waals surface area contributed by atoms with Crippen molar-refractivity contribution in [2.24, 2.45) is 0 Å². The summed E-state index contributed by atoms with van der Waals surface area (Å²) in [6.07, 6.45) is 1.12. The van der Waals surface area contributed by atoms with Crippen LogP contribution in [0.3, 0.4) is 0 Å². The molecule has 1 saturated heterocycles. The van der Waals surface area contributed by atoms with Crippen LogP contribution in [-0.4, -0.2) is 35.8 Å². The maximum atomic E-state index is 13.3. The molecule has 164 valence electrons. The molecule has 0 unspecified atom stereocenters. The zero-order chi connectivity index (χ0) is 22.3. The topological polar surface area (TPSA) is 66.1 Å². The zero-order valence-corrected chi connectivity index (χ0v) is 18.7. The molecule has 1 aliphatic heterocycles. The molecule has 1 N–H and O–H groups in total. The zero-order valence-electron chi connectivity index (χ0n) is 17.1. The van der Waals surface area contributed by atoms with E-state index in [4.69, 9.17) is 16.6 Å². The van der Waals surface area contributed by atoms with Gasteiger partial charge in [0.05, 0.1) is 21.3 Å². The van der Waals surface area contributed by atoms with Crippen LogP contribution in [0.2, 0.25) is 5.02 Å². The number of sulfonamides is 1. The Balaban J connectivity index is 1.52. The first-order chi connectivity index (χ1) is 15.4. The Morgan fingerprint density at radius 2 is 1.66 bits per heavy atom. The molecule has 0 saturated carbocycles. The average molecular weight is 470 g/mol. The molecular weight excluding hydrogens is 449 g/mol. The minimum atomic E-state index is -3.70. The number of hydrogen-bond acceptors (Lipinski definition) is 3. The number of nitrogens with one attached hydrogen (secondary N) is 1. The molecule has 5 nitrogen and oxygen atoms in total. The van der Waals surface area contributed by atoms with Crippen LogP contribution in [0.1, 0.15) is 24.2 Å². The number of halogens is 2. The maximum absolute atomic E-state index is 13.3. The Labute approximate surface area is 190 Å². The summed E-state index contributed by atoms with van der Waals surface area (Å²) < 4.78 is 41.0. The largest absolute Gasteiger partial charge is 0.341 e. The van der Waals surface area contributed by atoms with Crippen molar-refractivity contribution in [1.82, 2.24) is 14.3 Å². The van der Waals surface area contributed by atoms with Crippen molar-refractivity contribution in [3.05, 3.63) is 95.0 Å². The second-order valence-corrected chi connectivity index (χ2v) is 10.4. The highest BCUT2D eigenvalue weighted by atomic mass is 35.5. The Hall–Kier alpha value is -2.74. The number of aromatic amines is 1. The number of rotatable bonds is 4. The lowest BCUT2D eigenvalue weighted by molar-refractivity contribution is 0.258. The van der Waals surface area contributed by atoms with E-state index in [1.54, 1.807) is 0 Å². The van der Waals surface area contributed by atoms with E-state index >= 15 is 0 Å². The number of piperidine rings is 1. The molecule has 0 amide bonds. The Morgan fingerprint density at radius 3 is 2.34 bits per heavy atom. The molecule has 8 heteroatoms. The third-order valence-electron chi connectivity index (χ3n) is 6.25. The molecule has 0 radical (unpaired) electrons. The van der Waals surface area contributed by atoms with E-state index in [0.29, 0.717) is 31.0 Å². The van der Waals surface area contributed by atoms with Crippen LogP contribution in [0, 0.1) is 5.82 Å². The number of benzene rings is 3. The van der Waals surface area contributed by atoms with Gasteiger partial charge in [-0.3, -0.25) is 0 Å². The molecule has 0 atom stereocenters. The van der Waals surface area contributed by atoms with Crippen LogP contribution < -0.4 is 0 Å². The van der Waals surface area contributed by atoms with E-state index in [9.17, 15) is 12.8 Å². The molecule has 32 heavy (non-hydrogen) atoms. The summed E-state index contributed by atoms with van der Waals surface area (Å²) in [5, 5.41) is 0.615. The standard InChI is InChI=1S/C24H21ClFN3O2S/c25-18-6-11-21-22(16-18)28-23(27-21)24(17-4-2-1-3-5-17)12-14-29(15-13-24)32(30,31)20-9-7-19(26)8-10-20/h1-11,16H,12-15H2,(H,27,28). The number of aromatic nitrogens is 2. The number of imidazole rings is 1. The summed E-state index contributed by atoms with van der Waals surface area (Å²) >= 11 is 6.15. The third-order valence-corrected chi connectivity index (χ3v) is 8.40. The van der Waals surface area contributed by atoms with E-state index in [0.717, 1.165) is 22.4 Å². The van der Waals surface area contributed by atoms with Crippen molar-refractivity contribution in [3.63, 3.8) is 0 Å². The second-order valence-electron chi connectivity index (χ2n) is 8.05. The number of nitrogens with zero attached hydrogens (tertiary/aromatic N) is 2. The van der Waals surface area contributed by atoms with Crippen molar-refractivity contribution < 1.29 is 12.8 Å². The van der Waals surface area contributed by atoms with Crippen molar-refractivity contribution in [2.45, 2.75) is 23.2 Å². The van der Waals surface area contributed by atoms with Crippen LogP contribution >= 0.6 is 11.6 Å². The summed E-state index contributed by atoms with van der Waals surface area (Å²) in [5.41, 5.74) is 2.30. The first-order valence-electron chi connectivity index (χ1n) is 10.4. The highest BCUT2D eigenvalue weighted by Gasteiger charge is 2.43. The van der Waals surface area contributed by atoms with Gasteiger partial charge in [-0.2, -0.15) is 4.31 Å². The normalized spacial score (nSPS) is 16.9. The monoisotopic (exact) mass is 469 g/mol. The average Bonchev–Trinajstić information content (AvgIpc) is 3.24. The smallest absolute Gasteiger partial charge is 0.243 e. The molecule has 0 bridgehead atoms. The van der Waals surface area contributed by atoms with Gasteiger partial charge in [-0.05, 0) is 60.9 Å². The van der Waals surface area contributed by atoms with Gasteiger partial charge in [0.25, 0.3) is 0 Å². The first-order valence-corrected chi connectivity index (χ1v) is 12.2. The van der Waals surface area contributed by atoms with E-state index in [2.05, 4.69) is 17.1 Å². The Bertz CT molecular complexity index is 1360. The van der Waals surface area contributed by atoms with Crippen LogP contribution in [0.5, 0.6) is 0 Å². The molecular formula is C24H21ClFN3O2S. The molecule has 1 fully saturated rings. The predicted octanol–water partition coefficient (Wildman–Crippen LogP) is 5.13. The fraction of sp³-hybridized carbons (Fsp3) is 0.208. The van der Waals surface area contributed by atoms with Crippen molar-refractivity contribution >= 4 is 32.7 Å². The molecule has 2 heterocycles. The fourth-order valence-corrected chi connectivity index (χ4v) is 6.10. The third kappa shape index (κ3) is 3.60.